The number of hydrogen-bond donors (Lipinski definition) is 1. The minimum Gasteiger partial charge on any atom is -0.315 e. The van der Waals surface area contributed by atoms with Crippen molar-refractivity contribution in [2.45, 2.75) is 70.8 Å². The molecule has 3 heterocycles. The number of aryl methyl sites for hydroxylation is 2. The summed E-state index contributed by atoms with van der Waals surface area (Å²) in [7, 11) is 2.22. The number of hydrogen-bond acceptors (Lipinski definition) is 5. The van der Waals surface area contributed by atoms with E-state index >= 15 is 0 Å². The van der Waals surface area contributed by atoms with Gasteiger partial charge in [0.25, 0.3) is 5.56 Å². The van der Waals surface area contributed by atoms with Crippen molar-refractivity contribution in [3.8, 4) is 0 Å². The van der Waals surface area contributed by atoms with Crippen molar-refractivity contribution in [3.63, 3.8) is 0 Å². The number of unbranched alkanes of at least 4 members (excludes halogenated alkanes) is 5. The number of aromatic nitrogens is 2. The van der Waals surface area contributed by atoms with Gasteiger partial charge in [0.05, 0.1) is 16.9 Å². The van der Waals surface area contributed by atoms with Gasteiger partial charge in [-0.2, -0.15) is 0 Å². The molecule has 2 saturated heterocycles. The van der Waals surface area contributed by atoms with Gasteiger partial charge in [-0.25, -0.2) is 4.98 Å². The summed E-state index contributed by atoms with van der Waals surface area (Å²) in [4.78, 5) is 23.4. The maximum absolute atomic E-state index is 13.5. The minimum absolute atomic E-state index is 0.158. The Morgan fingerprint density at radius 3 is 2.55 bits per heavy atom. The molecule has 4 rings (SSSR count). The molecule has 0 amide bonds. The SMILES string of the molecule is Cc1nc2cccc(CCCCCCCCN3CCN(C)CC3)c2c(=O)n1C1CCCNC1. The first-order valence-corrected chi connectivity index (χ1v) is 13.3. The predicted molar refractivity (Wildman–Crippen MR) is 137 cm³/mol. The maximum atomic E-state index is 13.5. The summed E-state index contributed by atoms with van der Waals surface area (Å²) < 4.78 is 1.96. The van der Waals surface area contributed by atoms with Crippen LogP contribution >= 0.6 is 0 Å². The number of rotatable bonds is 10. The molecule has 0 bridgehead atoms. The van der Waals surface area contributed by atoms with Crippen LogP contribution in [0.25, 0.3) is 10.9 Å². The summed E-state index contributed by atoms with van der Waals surface area (Å²) >= 11 is 0. The molecule has 1 N–H and O–H groups in total. The third-order valence-corrected chi connectivity index (χ3v) is 7.59. The molecule has 0 radical (unpaired) electrons. The monoisotopic (exact) mass is 453 g/mol. The maximum Gasteiger partial charge on any atom is 0.261 e. The molecule has 2 fully saturated rings. The average molecular weight is 454 g/mol. The molecule has 2 aliphatic rings. The van der Waals surface area contributed by atoms with Crippen LogP contribution in [-0.4, -0.2) is 72.2 Å². The summed E-state index contributed by atoms with van der Waals surface area (Å²) in [5.74, 6) is 0.843. The molecule has 0 spiro atoms. The zero-order valence-corrected chi connectivity index (χ0v) is 20.8. The second-order valence-electron chi connectivity index (χ2n) is 10.2. The van der Waals surface area contributed by atoms with Crippen LogP contribution in [0.1, 0.15) is 68.8 Å². The van der Waals surface area contributed by atoms with Crippen molar-refractivity contribution in [1.29, 1.82) is 0 Å². The van der Waals surface area contributed by atoms with Gasteiger partial charge < -0.3 is 15.1 Å². The van der Waals surface area contributed by atoms with Gasteiger partial charge >= 0.3 is 0 Å². The van der Waals surface area contributed by atoms with E-state index < -0.39 is 0 Å². The molecule has 1 aromatic carbocycles. The zero-order valence-electron chi connectivity index (χ0n) is 20.8. The van der Waals surface area contributed by atoms with E-state index in [1.54, 1.807) is 0 Å². The van der Waals surface area contributed by atoms with E-state index in [4.69, 9.17) is 4.98 Å². The lowest BCUT2D eigenvalue weighted by molar-refractivity contribution is 0.152. The fraction of sp³-hybridized carbons (Fsp3) is 0.704. The van der Waals surface area contributed by atoms with Crippen molar-refractivity contribution >= 4 is 10.9 Å². The number of likely N-dealkylation sites (N-methyl/N-ethyl adjacent to an activating group) is 1. The number of nitrogens with zero attached hydrogens (tertiary/aromatic N) is 4. The number of piperazine rings is 1. The highest BCUT2D eigenvalue weighted by atomic mass is 16.1. The number of fused-ring (bicyclic) bond motifs is 1. The van der Waals surface area contributed by atoms with Crippen molar-refractivity contribution in [3.05, 3.63) is 39.9 Å². The van der Waals surface area contributed by atoms with Crippen LogP contribution in [0.5, 0.6) is 0 Å². The summed E-state index contributed by atoms with van der Waals surface area (Å²) in [5.41, 5.74) is 2.20. The lowest BCUT2D eigenvalue weighted by atomic mass is 10.0. The van der Waals surface area contributed by atoms with E-state index in [9.17, 15) is 4.79 Å². The molecule has 6 nitrogen and oxygen atoms in total. The van der Waals surface area contributed by atoms with Crippen LogP contribution in [0.3, 0.4) is 0 Å². The summed E-state index contributed by atoms with van der Waals surface area (Å²) in [6.07, 6.45) is 10.8. The van der Waals surface area contributed by atoms with Crippen LogP contribution in [0.15, 0.2) is 23.0 Å². The quantitative estimate of drug-likeness (QED) is 0.555. The Kier molecular flexibility index (Phi) is 8.93. The number of benzene rings is 1. The highest BCUT2D eigenvalue weighted by Crippen LogP contribution is 2.21. The van der Waals surface area contributed by atoms with Crippen LogP contribution in [0.2, 0.25) is 0 Å². The summed E-state index contributed by atoms with van der Waals surface area (Å²) in [6, 6.07) is 6.42. The smallest absolute Gasteiger partial charge is 0.261 e. The van der Waals surface area contributed by atoms with E-state index in [0.717, 1.165) is 55.5 Å². The predicted octanol–water partition coefficient (Wildman–Crippen LogP) is 3.76. The van der Waals surface area contributed by atoms with Gasteiger partial charge in [0.15, 0.2) is 0 Å². The molecule has 1 atom stereocenters. The zero-order chi connectivity index (χ0) is 23.0. The first-order valence-electron chi connectivity index (χ1n) is 13.3. The molecule has 1 aromatic heterocycles. The fourth-order valence-corrected chi connectivity index (χ4v) is 5.54. The van der Waals surface area contributed by atoms with E-state index in [1.807, 2.05) is 17.6 Å². The Hall–Kier alpha value is -1.76. The summed E-state index contributed by atoms with van der Waals surface area (Å²) in [5, 5.41) is 4.29. The molecular weight excluding hydrogens is 410 g/mol. The topological polar surface area (TPSA) is 53.4 Å². The van der Waals surface area contributed by atoms with Crippen molar-refractivity contribution in [2.75, 3.05) is 52.9 Å². The highest BCUT2D eigenvalue weighted by Gasteiger charge is 2.20. The standard InChI is InChI=1S/C27H43N5O/c1-22-29-25-14-9-12-23(26(25)27(33)32(22)24-13-10-15-28-21-24)11-7-5-3-4-6-8-16-31-19-17-30(2)18-20-31/h9,12,14,24,28H,3-8,10-11,13,15-21H2,1-2H3. The first kappa shape index (κ1) is 24.4. The fourth-order valence-electron chi connectivity index (χ4n) is 5.54. The third kappa shape index (κ3) is 6.43. The van der Waals surface area contributed by atoms with Gasteiger partial charge in [-0.15, -0.1) is 0 Å². The van der Waals surface area contributed by atoms with Crippen molar-refractivity contribution < 1.29 is 0 Å². The molecule has 33 heavy (non-hydrogen) atoms. The molecule has 1 unspecified atom stereocenters. The Bertz CT molecular complexity index is 941. The molecule has 6 heteroatoms. The largest absolute Gasteiger partial charge is 0.315 e. The van der Waals surface area contributed by atoms with Gasteiger partial charge in [0.1, 0.15) is 5.82 Å². The Morgan fingerprint density at radius 1 is 1.03 bits per heavy atom. The molecule has 2 aromatic rings. The third-order valence-electron chi connectivity index (χ3n) is 7.59. The normalized spacial score (nSPS) is 20.5. The molecule has 2 aliphatic heterocycles. The molecule has 182 valence electrons. The van der Waals surface area contributed by atoms with Gasteiger partial charge in [-0.1, -0.05) is 37.8 Å². The van der Waals surface area contributed by atoms with E-state index in [0.29, 0.717) is 0 Å². The van der Waals surface area contributed by atoms with E-state index in [-0.39, 0.29) is 11.6 Å². The lowest BCUT2D eigenvalue weighted by Crippen LogP contribution is -2.44. The summed E-state index contributed by atoms with van der Waals surface area (Å²) in [6.45, 7) is 10.0. The second kappa shape index (κ2) is 12.1. The number of nitrogens with one attached hydrogen (secondary N) is 1. The van der Waals surface area contributed by atoms with Crippen LogP contribution < -0.4 is 10.9 Å². The Morgan fingerprint density at radius 2 is 1.79 bits per heavy atom. The lowest BCUT2D eigenvalue weighted by Gasteiger charge is -2.32. The highest BCUT2D eigenvalue weighted by molar-refractivity contribution is 5.81. The first-order chi connectivity index (χ1) is 16.1. The van der Waals surface area contributed by atoms with Gasteiger partial charge in [0, 0.05) is 32.7 Å². The van der Waals surface area contributed by atoms with Gasteiger partial charge in [-0.05, 0) is 70.8 Å². The van der Waals surface area contributed by atoms with Crippen LogP contribution in [-0.2, 0) is 6.42 Å². The Labute approximate surface area is 199 Å². The van der Waals surface area contributed by atoms with E-state index in [1.165, 1.54) is 70.4 Å². The van der Waals surface area contributed by atoms with Crippen molar-refractivity contribution in [2.24, 2.45) is 0 Å². The Balaban J connectivity index is 1.26. The van der Waals surface area contributed by atoms with Crippen molar-refractivity contribution in [1.82, 2.24) is 24.7 Å². The van der Waals surface area contributed by atoms with Crippen LogP contribution in [0.4, 0.5) is 0 Å². The van der Waals surface area contributed by atoms with Gasteiger partial charge in [0.2, 0.25) is 0 Å². The minimum atomic E-state index is 0.158. The molecular formula is C27H43N5O. The number of piperidine rings is 1. The van der Waals surface area contributed by atoms with E-state index in [2.05, 4.69) is 34.3 Å². The van der Waals surface area contributed by atoms with Gasteiger partial charge in [-0.3, -0.25) is 9.36 Å². The molecule has 0 aliphatic carbocycles. The second-order valence-corrected chi connectivity index (χ2v) is 10.2. The van der Waals surface area contributed by atoms with Crippen LogP contribution in [0, 0.1) is 6.92 Å². The average Bonchev–Trinajstić information content (AvgIpc) is 2.82. The molecule has 0 saturated carbocycles.